The van der Waals surface area contributed by atoms with Crippen molar-refractivity contribution >= 4 is 33.3 Å². The van der Waals surface area contributed by atoms with E-state index in [1.165, 1.54) is 33.5 Å². The van der Waals surface area contributed by atoms with Crippen LogP contribution >= 0.6 is 0 Å². The maximum atomic E-state index is 6.26. The Morgan fingerprint density at radius 2 is 1.26 bits per heavy atom. The smallest absolute Gasteiger partial charge is 0.164 e. The third kappa shape index (κ3) is 4.47. The maximum Gasteiger partial charge on any atom is 0.164 e. The van der Waals surface area contributed by atoms with Crippen LogP contribution in [0.3, 0.4) is 0 Å². The van der Waals surface area contributed by atoms with Crippen LogP contribution in [0.15, 0.2) is 162 Å². The average Bonchev–Trinajstić information content (AvgIpc) is 3.83. The molecule has 0 bridgehead atoms. The van der Waals surface area contributed by atoms with E-state index in [2.05, 4.69) is 128 Å². The van der Waals surface area contributed by atoms with Crippen molar-refractivity contribution < 1.29 is 4.42 Å². The molecule has 11 rings (SSSR count). The lowest BCUT2D eigenvalue weighted by Gasteiger charge is -2.29. The van der Waals surface area contributed by atoms with Crippen LogP contribution in [0.1, 0.15) is 36.5 Å². The molecular weight excluding hydrogens is 649 g/mol. The third-order valence-electron chi connectivity index (χ3n) is 11.4. The van der Waals surface area contributed by atoms with Crippen LogP contribution in [0.25, 0.3) is 67.2 Å². The zero-order chi connectivity index (χ0) is 35.3. The van der Waals surface area contributed by atoms with Gasteiger partial charge in [0.15, 0.2) is 17.5 Å². The molecule has 5 nitrogen and oxygen atoms in total. The number of aromatic nitrogens is 3. The molecule has 0 fully saturated rings. The highest BCUT2D eigenvalue weighted by molar-refractivity contribution is 6.11. The van der Waals surface area contributed by atoms with Crippen molar-refractivity contribution in [1.82, 2.24) is 15.0 Å². The van der Waals surface area contributed by atoms with Crippen molar-refractivity contribution in [3.63, 3.8) is 0 Å². The predicted molar refractivity (Wildman–Crippen MR) is 214 cm³/mol. The lowest BCUT2D eigenvalue weighted by molar-refractivity contribution is 0.660. The van der Waals surface area contributed by atoms with Crippen molar-refractivity contribution in [2.75, 3.05) is 4.90 Å². The van der Waals surface area contributed by atoms with Crippen LogP contribution in [0, 0.1) is 0 Å². The molecule has 0 saturated carbocycles. The highest BCUT2D eigenvalue weighted by Crippen LogP contribution is 2.55. The van der Waals surface area contributed by atoms with Gasteiger partial charge in [0.1, 0.15) is 11.2 Å². The van der Waals surface area contributed by atoms with E-state index < -0.39 is 0 Å². The van der Waals surface area contributed by atoms with Gasteiger partial charge in [-0.2, -0.15) is 0 Å². The van der Waals surface area contributed by atoms with Crippen molar-refractivity contribution in [3.8, 4) is 45.3 Å². The number of nitrogens with zero attached hydrogens (tertiary/aromatic N) is 4. The summed E-state index contributed by atoms with van der Waals surface area (Å²) < 4.78 is 6.26. The molecule has 2 unspecified atom stereocenters. The van der Waals surface area contributed by atoms with E-state index in [1.54, 1.807) is 0 Å². The summed E-state index contributed by atoms with van der Waals surface area (Å²) in [6.45, 7) is 4.71. The molecule has 0 radical (unpaired) electrons. The van der Waals surface area contributed by atoms with E-state index in [-0.39, 0.29) is 17.4 Å². The van der Waals surface area contributed by atoms with Gasteiger partial charge in [0.05, 0.1) is 6.04 Å². The van der Waals surface area contributed by atoms with Crippen LogP contribution in [-0.2, 0) is 5.41 Å². The number of allylic oxidation sites excluding steroid dienone is 2. The minimum absolute atomic E-state index is 0.0911. The first kappa shape index (κ1) is 30.1. The van der Waals surface area contributed by atoms with Gasteiger partial charge in [-0.1, -0.05) is 135 Å². The molecule has 2 aliphatic carbocycles. The summed E-state index contributed by atoms with van der Waals surface area (Å²) >= 11 is 0. The molecule has 1 aliphatic heterocycles. The van der Waals surface area contributed by atoms with Crippen molar-refractivity contribution in [2.24, 2.45) is 0 Å². The van der Waals surface area contributed by atoms with Gasteiger partial charge < -0.3 is 9.32 Å². The van der Waals surface area contributed by atoms with Gasteiger partial charge >= 0.3 is 0 Å². The van der Waals surface area contributed by atoms with Crippen LogP contribution in [0.5, 0.6) is 0 Å². The monoisotopic (exact) mass is 682 g/mol. The van der Waals surface area contributed by atoms with E-state index >= 15 is 0 Å². The second-order valence-corrected chi connectivity index (χ2v) is 14.8. The molecule has 5 heteroatoms. The van der Waals surface area contributed by atoms with Crippen LogP contribution in [0.2, 0.25) is 0 Å². The Kier molecular flexibility index (Phi) is 6.36. The molecule has 2 atom stereocenters. The van der Waals surface area contributed by atoms with E-state index in [9.17, 15) is 0 Å². The second kappa shape index (κ2) is 11.2. The third-order valence-corrected chi connectivity index (χ3v) is 11.4. The Hall–Kier alpha value is -6.59. The molecule has 53 heavy (non-hydrogen) atoms. The number of hydrogen-bond donors (Lipinski definition) is 0. The molecule has 0 saturated heterocycles. The summed E-state index contributed by atoms with van der Waals surface area (Å²) in [6.07, 6.45) is 9.07. The predicted octanol–water partition coefficient (Wildman–Crippen LogP) is 11.8. The number of para-hydroxylation sites is 1. The van der Waals surface area contributed by atoms with Crippen molar-refractivity contribution in [2.45, 2.75) is 31.2 Å². The zero-order valence-corrected chi connectivity index (χ0v) is 29.4. The van der Waals surface area contributed by atoms with Gasteiger partial charge in [-0.25, -0.2) is 15.0 Å². The van der Waals surface area contributed by atoms with Crippen LogP contribution in [-0.4, -0.2) is 21.0 Å². The van der Waals surface area contributed by atoms with E-state index in [0.717, 1.165) is 44.3 Å². The number of fused-ring (bicyclic) bond motifs is 9. The normalized spacial score (nSPS) is 17.6. The molecule has 2 aromatic heterocycles. The highest BCUT2D eigenvalue weighted by Gasteiger charge is 2.42. The highest BCUT2D eigenvalue weighted by atomic mass is 16.3. The van der Waals surface area contributed by atoms with Gasteiger partial charge in [-0.15, -0.1) is 0 Å². The molecule has 8 aromatic rings. The van der Waals surface area contributed by atoms with Crippen LogP contribution in [0.4, 0.5) is 11.4 Å². The lowest BCUT2D eigenvalue weighted by atomic mass is 9.81. The Morgan fingerprint density at radius 1 is 0.566 bits per heavy atom. The Labute approximate surface area is 307 Å². The largest absolute Gasteiger partial charge is 0.456 e. The van der Waals surface area contributed by atoms with Crippen LogP contribution < -0.4 is 4.90 Å². The number of anilines is 2. The second-order valence-electron chi connectivity index (χ2n) is 14.8. The zero-order valence-electron chi connectivity index (χ0n) is 29.4. The van der Waals surface area contributed by atoms with Gasteiger partial charge in [-0.05, 0) is 64.2 Å². The fourth-order valence-electron chi connectivity index (χ4n) is 8.93. The summed E-state index contributed by atoms with van der Waals surface area (Å²) in [5.41, 5.74) is 13.5. The van der Waals surface area contributed by atoms with Gasteiger partial charge in [0.2, 0.25) is 0 Å². The fraction of sp³-hybridized carbons (Fsp3) is 0.104. The number of furan rings is 1. The molecule has 0 amide bonds. The summed E-state index contributed by atoms with van der Waals surface area (Å²) in [5.74, 6) is 2.12. The van der Waals surface area contributed by atoms with E-state index in [4.69, 9.17) is 19.4 Å². The summed E-state index contributed by atoms with van der Waals surface area (Å²) in [5, 5.41) is 2.04. The van der Waals surface area contributed by atoms with Gasteiger partial charge in [-0.3, -0.25) is 0 Å². The molecule has 0 N–H and O–H groups in total. The minimum atomic E-state index is -0.0911. The number of hydrogen-bond acceptors (Lipinski definition) is 5. The first-order valence-corrected chi connectivity index (χ1v) is 18.3. The number of rotatable bonds is 4. The van der Waals surface area contributed by atoms with Gasteiger partial charge in [0.25, 0.3) is 0 Å². The Balaban J connectivity index is 1.08. The first-order chi connectivity index (χ1) is 26.0. The Bertz CT molecular complexity index is 2850. The van der Waals surface area contributed by atoms with E-state index in [0.29, 0.717) is 17.5 Å². The first-order valence-electron chi connectivity index (χ1n) is 18.3. The van der Waals surface area contributed by atoms with E-state index in [1.807, 2.05) is 48.5 Å². The summed E-state index contributed by atoms with van der Waals surface area (Å²) in [6, 6.07) is 47.1. The SMILES string of the molecule is CC1(C)c2ccccc2-c2cc3c(cc21)N(c1cccc(-c2nc(-c4ccccc4)nc(-c4cccc5oc6ccccc6c45)n2)c1)C1C=CC=CC31. The molecular formula is C48H34N4O. The molecule has 0 spiro atoms. The molecule has 3 aliphatic rings. The standard InChI is InChI=1S/C48H34N4O/c1-48(2)38-22-9-6-18-32(38)36-27-37-33-19-7-10-23-40(33)52(41(37)28-39(36)48)31-17-12-16-30(26-31)46-49-45(29-14-4-3-5-15-29)50-47(51-46)35-21-13-25-43-44(35)34-20-8-11-24-42(34)53-43/h3-28,33,40H,1-2H3. The van der Waals surface area contributed by atoms with Crippen molar-refractivity contribution in [3.05, 3.63) is 174 Å². The fourth-order valence-corrected chi connectivity index (χ4v) is 8.93. The quantitative estimate of drug-likeness (QED) is 0.185. The summed E-state index contributed by atoms with van der Waals surface area (Å²) in [7, 11) is 0. The Morgan fingerprint density at radius 3 is 2.17 bits per heavy atom. The lowest BCUT2D eigenvalue weighted by Crippen LogP contribution is -2.28. The minimum Gasteiger partial charge on any atom is -0.456 e. The molecule has 3 heterocycles. The number of benzene rings is 6. The van der Waals surface area contributed by atoms with Crippen molar-refractivity contribution in [1.29, 1.82) is 0 Å². The topological polar surface area (TPSA) is 55.1 Å². The average molecular weight is 683 g/mol. The van der Waals surface area contributed by atoms with Gasteiger partial charge in [0, 0.05) is 50.2 Å². The molecule has 252 valence electrons. The summed E-state index contributed by atoms with van der Waals surface area (Å²) in [4.78, 5) is 17.9. The maximum absolute atomic E-state index is 6.26. The molecule has 6 aromatic carbocycles.